The van der Waals surface area contributed by atoms with Crippen molar-refractivity contribution in [2.45, 2.75) is 19.0 Å². The Hall–Kier alpha value is -0.430. The first-order valence-corrected chi connectivity index (χ1v) is 6.68. The van der Waals surface area contributed by atoms with Crippen LogP contribution in [0, 0.1) is 11.3 Å². The summed E-state index contributed by atoms with van der Waals surface area (Å²) in [5.74, 6) is -0.313. The monoisotopic (exact) mass is 271 g/mol. The number of rotatable bonds is 2. The van der Waals surface area contributed by atoms with Crippen molar-refractivity contribution >= 4 is 17.7 Å². The van der Waals surface area contributed by atoms with Gasteiger partial charge in [-0.25, -0.2) is 4.79 Å². The highest BCUT2D eigenvalue weighted by Crippen LogP contribution is 2.49. The molecule has 2 fully saturated rings. The smallest absolute Gasteiger partial charge is 0.475 e. The summed E-state index contributed by atoms with van der Waals surface area (Å²) >= 11 is 2.00. The molecular formula is C10H16F3NO2S. The third-order valence-corrected chi connectivity index (χ3v) is 3.89. The van der Waals surface area contributed by atoms with E-state index in [9.17, 15) is 13.2 Å². The Morgan fingerprint density at radius 1 is 1.47 bits per heavy atom. The van der Waals surface area contributed by atoms with Gasteiger partial charge in [-0.05, 0) is 36.2 Å². The molecule has 1 saturated heterocycles. The summed E-state index contributed by atoms with van der Waals surface area (Å²) < 4.78 is 31.7. The van der Waals surface area contributed by atoms with E-state index in [4.69, 9.17) is 9.90 Å². The van der Waals surface area contributed by atoms with E-state index in [1.807, 2.05) is 11.8 Å². The first-order valence-electron chi connectivity index (χ1n) is 5.29. The van der Waals surface area contributed by atoms with E-state index in [0.717, 1.165) is 11.3 Å². The second-order valence-electron chi connectivity index (χ2n) is 4.64. The van der Waals surface area contributed by atoms with Gasteiger partial charge in [-0.15, -0.1) is 0 Å². The Balaban J connectivity index is 0.000000185. The van der Waals surface area contributed by atoms with Gasteiger partial charge >= 0.3 is 12.1 Å². The molecule has 100 valence electrons. The highest BCUT2D eigenvalue weighted by atomic mass is 32.2. The van der Waals surface area contributed by atoms with Gasteiger partial charge in [0.05, 0.1) is 0 Å². The van der Waals surface area contributed by atoms with Crippen LogP contribution in [0.4, 0.5) is 13.2 Å². The van der Waals surface area contributed by atoms with Crippen molar-refractivity contribution in [2.75, 3.05) is 25.1 Å². The van der Waals surface area contributed by atoms with Crippen molar-refractivity contribution in [3.05, 3.63) is 0 Å². The SMILES string of the molecule is CSCC1CC2(CNC2)C1.O=C(O)C(F)(F)F. The Bertz CT molecular complexity index is 271. The summed E-state index contributed by atoms with van der Waals surface area (Å²) in [5, 5.41) is 10.5. The normalized spacial score (nSPS) is 22.1. The first-order chi connectivity index (χ1) is 7.79. The van der Waals surface area contributed by atoms with Crippen LogP contribution in [0.3, 0.4) is 0 Å². The lowest BCUT2D eigenvalue weighted by molar-refractivity contribution is -0.192. The number of carbonyl (C=O) groups is 1. The molecule has 0 aromatic rings. The summed E-state index contributed by atoms with van der Waals surface area (Å²) in [4.78, 5) is 8.90. The molecule has 2 N–H and O–H groups in total. The van der Waals surface area contributed by atoms with Crippen molar-refractivity contribution in [1.29, 1.82) is 0 Å². The highest BCUT2D eigenvalue weighted by molar-refractivity contribution is 7.98. The maximum absolute atomic E-state index is 10.6. The molecule has 7 heteroatoms. The van der Waals surface area contributed by atoms with Gasteiger partial charge in [0, 0.05) is 13.1 Å². The van der Waals surface area contributed by atoms with Crippen LogP contribution in [0.15, 0.2) is 0 Å². The van der Waals surface area contributed by atoms with E-state index in [2.05, 4.69) is 11.6 Å². The second kappa shape index (κ2) is 5.48. The van der Waals surface area contributed by atoms with Crippen LogP contribution >= 0.6 is 11.8 Å². The minimum Gasteiger partial charge on any atom is -0.475 e. The molecule has 1 aliphatic carbocycles. The minimum absolute atomic E-state index is 0.792. The molecule has 1 saturated carbocycles. The van der Waals surface area contributed by atoms with Crippen molar-refractivity contribution in [1.82, 2.24) is 5.32 Å². The Morgan fingerprint density at radius 3 is 2.18 bits per heavy atom. The van der Waals surface area contributed by atoms with E-state index in [1.54, 1.807) is 0 Å². The predicted octanol–water partition coefficient (Wildman–Crippen LogP) is 1.98. The maximum Gasteiger partial charge on any atom is 0.490 e. The molecule has 0 radical (unpaired) electrons. The molecule has 0 atom stereocenters. The zero-order chi connectivity index (χ0) is 13.1. The average Bonchev–Trinajstić information content (AvgIpc) is 2.06. The molecule has 1 spiro atoms. The fourth-order valence-corrected chi connectivity index (χ4v) is 2.99. The van der Waals surface area contributed by atoms with Crippen LogP contribution in [0.1, 0.15) is 12.8 Å². The average molecular weight is 271 g/mol. The molecule has 3 nitrogen and oxygen atoms in total. The molecule has 1 aliphatic heterocycles. The summed E-state index contributed by atoms with van der Waals surface area (Å²) in [6, 6.07) is 0. The molecule has 1 heterocycles. The molecule has 0 aromatic heterocycles. The summed E-state index contributed by atoms with van der Waals surface area (Å²) in [5.41, 5.74) is 0.792. The van der Waals surface area contributed by atoms with Gasteiger partial charge in [0.15, 0.2) is 0 Å². The standard InChI is InChI=1S/C8H15NS.C2HF3O2/c1-10-4-7-2-8(3-7)5-9-6-8;3-2(4,5)1(6)7/h7,9H,2-6H2,1H3;(H,6,7). The molecule has 0 unspecified atom stereocenters. The summed E-state index contributed by atoms with van der Waals surface area (Å²) in [6.07, 6.45) is 0.131. The van der Waals surface area contributed by atoms with Gasteiger partial charge < -0.3 is 10.4 Å². The second-order valence-corrected chi connectivity index (χ2v) is 5.55. The maximum atomic E-state index is 10.6. The quantitative estimate of drug-likeness (QED) is 0.806. The van der Waals surface area contributed by atoms with Crippen molar-refractivity contribution in [3.63, 3.8) is 0 Å². The lowest BCUT2D eigenvalue weighted by atomic mass is 9.59. The van der Waals surface area contributed by atoms with E-state index in [0.29, 0.717) is 0 Å². The molecule has 2 aliphatic rings. The number of aliphatic carboxylic acids is 1. The van der Waals surface area contributed by atoms with Crippen molar-refractivity contribution in [3.8, 4) is 0 Å². The molecule has 17 heavy (non-hydrogen) atoms. The lowest BCUT2D eigenvalue weighted by Crippen LogP contribution is -2.60. The zero-order valence-corrected chi connectivity index (χ0v) is 10.3. The van der Waals surface area contributed by atoms with Gasteiger partial charge in [-0.1, -0.05) is 0 Å². The Labute approximate surface area is 102 Å². The van der Waals surface area contributed by atoms with Crippen LogP contribution in [0.5, 0.6) is 0 Å². The Kier molecular flexibility index (Phi) is 4.71. The minimum atomic E-state index is -5.08. The number of alkyl halides is 3. The zero-order valence-electron chi connectivity index (χ0n) is 9.51. The van der Waals surface area contributed by atoms with Gasteiger partial charge in [-0.3, -0.25) is 0 Å². The number of hydrogen-bond donors (Lipinski definition) is 2. The fourth-order valence-electron chi connectivity index (χ4n) is 2.29. The number of thioether (sulfide) groups is 1. The summed E-state index contributed by atoms with van der Waals surface area (Å²) in [7, 11) is 0. The largest absolute Gasteiger partial charge is 0.490 e. The van der Waals surface area contributed by atoms with Gasteiger partial charge in [0.25, 0.3) is 0 Å². The first kappa shape index (κ1) is 14.6. The topological polar surface area (TPSA) is 49.3 Å². The Morgan fingerprint density at radius 2 is 1.94 bits per heavy atom. The van der Waals surface area contributed by atoms with Gasteiger partial charge in [0.1, 0.15) is 0 Å². The molecule has 0 amide bonds. The molecule has 0 aromatic carbocycles. The van der Waals surface area contributed by atoms with Gasteiger partial charge in [0.2, 0.25) is 0 Å². The number of halogens is 3. The summed E-state index contributed by atoms with van der Waals surface area (Å²) in [6.45, 7) is 2.61. The van der Waals surface area contributed by atoms with E-state index in [-0.39, 0.29) is 0 Å². The van der Waals surface area contributed by atoms with E-state index < -0.39 is 12.1 Å². The highest BCUT2D eigenvalue weighted by Gasteiger charge is 2.47. The van der Waals surface area contributed by atoms with Crippen molar-refractivity contribution < 1.29 is 23.1 Å². The van der Waals surface area contributed by atoms with Crippen LogP contribution in [0.2, 0.25) is 0 Å². The number of carboxylic acids is 1. The van der Waals surface area contributed by atoms with E-state index in [1.165, 1.54) is 31.7 Å². The molecular weight excluding hydrogens is 255 g/mol. The van der Waals surface area contributed by atoms with Crippen molar-refractivity contribution in [2.24, 2.45) is 11.3 Å². The molecule has 2 rings (SSSR count). The third kappa shape index (κ3) is 4.06. The van der Waals surface area contributed by atoms with Crippen LogP contribution in [0.25, 0.3) is 0 Å². The predicted molar refractivity (Wildman–Crippen MR) is 60.1 cm³/mol. The number of hydrogen-bond acceptors (Lipinski definition) is 3. The van der Waals surface area contributed by atoms with Crippen LogP contribution in [-0.2, 0) is 4.79 Å². The number of carboxylic acid groups (broad SMARTS) is 1. The number of nitrogens with one attached hydrogen (secondary N) is 1. The van der Waals surface area contributed by atoms with Gasteiger partial charge in [-0.2, -0.15) is 24.9 Å². The van der Waals surface area contributed by atoms with E-state index >= 15 is 0 Å². The van der Waals surface area contributed by atoms with Crippen LogP contribution < -0.4 is 5.32 Å². The third-order valence-electron chi connectivity index (χ3n) is 3.09. The lowest BCUT2D eigenvalue weighted by Gasteiger charge is -2.54. The van der Waals surface area contributed by atoms with Crippen LogP contribution in [-0.4, -0.2) is 42.4 Å². The fraction of sp³-hybridized carbons (Fsp3) is 0.900. The molecule has 0 bridgehead atoms.